The minimum absolute atomic E-state index is 0.0131. The Hall–Kier alpha value is -2.85. The number of aryl methyl sites for hydroxylation is 2. The van der Waals surface area contributed by atoms with E-state index in [4.69, 9.17) is 0 Å². The highest BCUT2D eigenvalue weighted by Crippen LogP contribution is 2.28. The molecule has 0 fully saturated rings. The van der Waals surface area contributed by atoms with Gasteiger partial charge in [-0.1, -0.05) is 0 Å². The molecule has 0 atom stereocenters. The number of nitrogens with zero attached hydrogens (tertiary/aromatic N) is 4. The van der Waals surface area contributed by atoms with Gasteiger partial charge in [0.05, 0.1) is 19.0 Å². The van der Waals surface area contributed by atoms with Crippen molar-refractivity contribution >= 4 is 17.6 Å². The maximum absolute atomic E-state index is 12.6. The third-order valence-electron chi connectivity index (χ3n) is 2.97. The number of aromatic nitrogens is 4. The Labute approximate surface area is 127 Å². The number of carbonyl (C=O) groups is 2. The molecule has 0 saturated heterocycles. The van der Waals surface area contributed by atoms with Crippen LogP contribution in [0.5, 0.6) is 0 Å². The zero-order valence-corrected chi connectivity index (χ0v) is 12.3. The van der Waals surface area contributed by atoms with E-state index < -0.39 is 23.7 Å². The van der Waals surface area contributed by atoms with Crippen LogP contribution in [0.15, 0.2) is 12.3 Å². The summed E-state index contributed by atoms with van der Waals surface area (Å²) < 4.78 is 44.4. The highest BCUT2D eigenvalue weighted by molar-refractivity contribution is 6.06. The molecule has 2 rings (SSSR count). The van der Waals surface area contributed by atoms with Crippen LogP contribution in [0.25, 0.3) is 0 Å². The number of alkyl halides is 3. The van der Waals surface area contributed by atoms with Gasteiger partial charge in [0.2, 0.25) is 0 Å². The molecular weight excluding hydrogens is 319 g/mol. The van der Waals surface area contributed by atoms with Crippen LogP contribution in [0.2, 0.25) is 0 Å². The first-order chi connectivity index (χ1) is 10.6. The highest BCUT2D eigenvalue weighted by atomic mass is 19.4. The average molecular weight is 331 g/mol. The molecule has 8 nitrogen and oxygen atoms in total. The molecule has 0 unspecified atom stereocenters. The van der Waals surface area contributed by atoms with E-state index in [1.807, 2.05) is 0 Å². The smallest absolute Gasteiger partial charge is 0.435 e. The molecule has 2 heterocycles. The molecule has 23 heavy (non-hydrogen) atoms. The standard InChI is InChI=1S/C12H12F3N5O3/c1-19-7(4-8(18-19)12(13,14)15)10(21)17-6-5-16-20(2)9(6)11(22)23-3/h4-5H,1-3H3,(H,17,21). The molecule has 0 bridgehead atoms. The number of carbonyl (C=O) groups excluding carboxylic acids is 2. The number of methoxy groups -OCH3 is 1. The summed E-state index contributed by atoms with van der Waals surface area (Å²) in [4.78, 5) is 23.8. The Kier molecular flexibility index (Phi) is 4.12. The van der Waals surface area contributed by atoms with E-state index in [0.29, 0.717) is 6.07 Å². The van der Waals surface area contributed by atoms with Crippen molar-refractivity contribution in [2.24, 2.45) is 14.1 Å². The first-order valence-electron chi connectivity index (χ1n) is 6.18. The normalized spacial score (nSPS) is 11.4. The molecule has 11 heteroatoms. The van der Waals surface area contributed by atoms with Crippen molar-refractivity contribution in [2.75, 3.05) is 12.4 Å². The number of halogens is 3. The number of anilines is 1. The van der Waals surface area contributed by atoms with Crippen LogP contribution in [-0.4, -0.2) is 38.5 Å². The number of esters is 1. The second kappa shape index (κ2) is 5.74. The summed E-state index contributed by atoms with van der Waals surface area (Å²) in [6.07, 6.45) is -3.48. The fourth-order valence-electron chi connectivity index (χ4n) is 1.87. The summed E-state index contributed by atoms with van der Waals surface area (Å²) in [6, 6.07) is 0.615. The van der Waals surface area contributed by atoms with Gasteiger partial charge in [-0.15, -0.1) is 0 Å². The summed E-state index contributed by atoms with van der Waals surface area (Å²) >= 11 is 0. The molecule has 0 aromatic carbocycles. The van der Waals surface area contributed by atoms with E-state index in [0.717, 1.165) is 11.8 Å². The molecule has 0 aliphatic rings. The molecule has 1 amide bonds. The number of hydrogen-bond acceptors (Lipinski definition) is 5. The third kappa shape index (κ3) is 3.17. The Balaban J connectivity index is 2.31. The molecule has 2 aromatic heterocycles. The lowest BCUT2D eigenvalue weighted by Crippen LogP contribution is -2.18. The van der Waals surface area contributed by atoms with Crippen molar-refractivity contribution in [3.63, 3.8) is 0 Å². The summed E-state index contributed by atoms with van der Waals surface area (Å²) in [5.74, 6) is -1.62. The van der Waals surface area contributed by atoms with Crippen LogP contribution in [0.3, 0.4) is 0 Å². The maximum Gasteiger partial charge on any atom is 0.435 e. The van der Waals surface area contributed by atoms with E-state index in [2.05, 4.69) is 20.3 Å². The molecule has 124 valence electrons. The lowest BCUT2D eigenvalue weighted by atomic mass is 10.3. The van der Waals surface area contributed by atoms with Crippen LogP contribution < -0.4 is 5.32 Å². The fourth-order valence-corrected chi connectivity index (χ4v) is 1.87. The van der Waals surface area contributed by atoms with Gasteiger partial charge in [-0.25, -0.2) is 4.79 Å². The number of nitrogens with one attached hydrogen (secondary N) is 1. The van der Waals surface area contributed by atoms with Gasteiger partial charge in [-0.3, -0.25) is 14.2 Å². The molecule has 1 N–H and O–H groups in total. The van der Waals surface area contributed by atoms with E-state index >= 15 is 0 Å². The summed E-state index contributed by atoms with van der Waals surface area (Å²) in [7, 11) is 3.81. The minimum Gasteiger partial charge on any atom is -0.464 e. The second-order valence-electron chi connectivity index (χ2n) is 4.51. The number of amides is 1. The largest absolute Gasteiger partial charge is 0.464 e. The summed E-state index contributed by atoms with van der Waals surface area (Å²) in [5, 5.41) is 9.36. The SMILES string of the molecule is COC(=O)c1c(NC(=O)c2cc(C(F)(F)F)nn2C)cnn1C. The molecule has 0 aliphatic heterocycles. The van der Waals surface area contributed by atoms with Crippen molar-refractivity contribution in [1.29, 1.82) is 0 Å². The third-order valence-corrected chi connectivity index (χ3v) is 2.97. The van der Waals surface area contributed by atoms with E-state index in [-0.39, 0.29) is 17.1 Å². The van der Waals surface area contributed by atoms with Crippen LogP contribution in [0.4, 0.5) is 18.9 Å². The zero-order chi connectivity index (χ0) is 17.4. The molecule has 0 aliphatic carbocycles. The average Bonchev–Trinajstić information content (AvgIpc) is 3.01. The van der Waals surface area contributed by atoms with Crippen LogP contribution >= 0.6 is 0 Å². The van der Waals surface area contributed by atoms with Gasteiger partial charge in [-0.2, -0.15) is 23.4 Å². The molecular formula is C12H12F3N5O3. The lowest BCUT2D eigenvalue weighted by molar-refractivity contribution is -0.141. The van der Waals surface area contributed by atoms with Gasteiger partial charge in [0.25, 0.3) is 5.91 Å². The Bertz CT molecular complexity index is 763. The lowest BCUT2D eigenvalue weighted by Gasteiger charge is -2.06. The first kappa shape index (κ1) is 16.5. The molecule has 0 saturated carbocycles. The van der Waals surface area contributed by atoms with Crippen LogP contribution in [0.1, 0.15) is 26.7 Å². The van der Waals surface area contributed by atoms with Crippen molar-refractivity contribution in [3.05, 3.63) is 29.3 Å². The highest BCUT2D eigenvalue weighted by Gasteiger charge is 2.35. The topological polar surface area (TPSA) is 91.0 Å². The quantitative estimate of drug-likeness (QED) is 0.854. The molecule has 2 aromatic rings. The molecule has 0 radical (unpaired) electrons. The molecule has 0 spiro atoms. The monoisotopic (exact) mass is 331 g/mol. The van der Waals surface area contributed by atoms with Crippen LogP contribution in [-0.2, 0) is 25.0 Å². The van der Waals surface area contributed by atoms with Gasteiger partial charge in [0.15, 0.2) is 11.4 Å². The Morgan fingerprint density at radius 2 is 1.91 bits per heavy atom. The van der Waals surface area contributed by atoms with Crippen molar-refractivity contribution < 1.29 is 27.5 Å². The van der Waals surface area contributed by atoms with Crippen molar-refractivity contribution in [1.82, 2.24) is 19.6 Å². The fraction of sp³-hybridized carbons (Fsp3) is 0.333. The van der Waals surface area contributed by atoms with Gasteiger partial charge in [0, 0.05) is 20.2 Å². The maximum atomic E-state index is 12.6. The van der Waals surface area contributed by atoms with Crippen LogP contribution in [0, 0.1) is 0 Å². The van der Waals surface area contributed by atoms with Crippen molar-refractivity contribution in [2.45, 2.75) is 6.18 Å². The number of ether oxygens (including phenoxy) is 1. The van der Waals surface area contributed by atoms with Gasteiger partial charge >= 0.3 is 12.1 Å². The minimum atomic E-state index is -4.66. The first-order valence-corrected chi connectivity index (χ1v) is 6.18. The van der Waals surface area contributed by atoms with Gasteiger partial charge < -0.3 is 10.1 Å². The second-order valence-corrected chi connectivity index (χ2v) is 4.51. The van der Waals surface area contributed by atoms with Gasteiger partial charge in [-0.05, 0) is 0 Å². The van der Waals surface area contributed by atoms with E-state index in [1.165, 1.54) is 25.0 Å². The van der Waals surface area contributed by atoms with E-state index in [9.17, 15) is 22.8 Å². The van der Waals surface area contributed by atoms with Gasteiger partial charge in [0.1, 0.15) is 5.69 Å². The predicted molar refractivity (Wildman–Crippen MR) is 70.7 cm³/mol. The number of hydrogen-bond donors (Lipinski definition) is 1. The Morgan fingerprint density at radius 3 is 2.43 bits per heavy atom. The Morgan fingerprint density at radius 1 is 1.26 bits per heavy atom. The zero-order valence-electron chi connectivity index (χ0n) is 12.3. The predicted octanol–water partition coefficient (Wildman–Crippen LogP) is 1.21. The number of rotatable bonds is 3. The summed E-state index contributed by atoms with van der Waals surface area (Å²) in [5.41, 5.74) is -1.54. The van der Waals surface area contributed by atoms with E-state index in [1.54, 1.807) is 0 Å². The summed E-state index contributed by atoms with van der Waals surface area (Å²) in [6.45, 7) is 0. The van der Waals surface area contributed by atoms with Crippen molar-refractivity contribution in [3.8, 4) is 0 Å².